The summed E-state index contributed by atoms with van der Waals surface area (Å²) >= 11 is 0. The van der Waals surface area contributed by atoms with Gasteiger partial charge in [0.25, 0.3) is 0 Å². The Bertz CT molecular complexity index is 662. The van der Waals surface area contributed by atoms with Crippen LogP contribution in [0.15, 0.2) is 43.0 Å². The molecule has 0 saturated heterocycles. The first-order chi connectivity index (χ1) is 8.38. The Morgan fingerprint density at radius 1 is 1.24 bits per heavy atom. The molecule has 2 heterocycles. The average molecular weight is 226 g/mol. The summed E-state index contributed by atoms with van der Waals surface area (Å²) < 4.78 is 7.10. The van der Waals surface area contributed by atoms with E-state index in [0.717, 1.165) is 22.7 Å². The van der Waals surface area contributed by atoms with Gasteiger partial charge in [-0.3, -0.25) is 9.38 Å². The number of ether oxygens (including phenoxy) is 1. The monoisotopic (exact) mass is 226 g/mol. The van der Waals surface area contributed by atoms with Crippen molar-refractivity contribution < 1.29 is 4.74 Å². The zero-order chi connectivity index (χ0) is 11.7. The highest BCUT2D eigenvalue weighted by atomic mass is 16.5. The van der Waals surface area contributed by atoms with Crippen molar-refractivity contribution in [2.75, 3.05) is 7.11 Å². The van der Waals surface area contributed by atoms with E-state index in [1.54, 1.807) is 25.8 Å². The second-order valence-electron chi connectivity index (χ2n) is 3.58. The third kappa shape index (κ3) is 1.61. The van der Waals surface area contributed by atoms with Gasteiger partial charge in [0.05, 0.1) is 25.2 Å². The molecule has 0 saturated carbocycles. The Morgan fingerprint density at radius 2 is 2.18 bits per heavy atom. The van der Waals surface area contributed by atoms with Crippen molar-refractivity contribution in [1.29, 1.82) is 0 Å². The van der Waals surface area contributed by atoms with Gasteiger partial charge in [0, 0.05) is 5.56 Å². The van der Waals surface area contributed by atoms with Gasteiger partial charge in [-0.1, -0.05) is 12.1 Å². The molecule has 5 nitrogen and oxygen atoms in total. The topological polar surface area (TPSA) is 52.3 Å². The van der Waals surface area contributed by atoms with Gasteiger partial charge in [-0.15, -0.1) is 10.2 Å². The highest BCUT2D eigenvalue weighted by Gasteiger charge is 2.05. The maximum absolute atomic E-state index is 5.21. The minimum absolute atomic E-state index is 0.727. The molecule has 0 atom stereocenters. The lowest BCUT2D eigenvalue weighted by atomic mass is 10.1. The van der Waals surface area contributed by atoms with Gasteiger partial charge in [0.1, 0.15) is 12.1 Å². The van der Waals surface area contributed by atoms with Crippen molar-refractivity contribution >= 4 is 5.65 Å². The van der Waals surface area contributed by atoms with E-state index in [-0.39, 0.29) is 0 Å². The number of rotatable bonds is 2. The fourth-order valence-corrected chi connectivity index (χ4v) is 1.75. The van der Waals surface area contributed by atoms with Crippen molar-refractivity contribution in [3.8, 4) is 17.0 Å². The summed E-state index contributed by atoms with van der Waals surface area (Å²) in [6, 6.07) is 7.80. The first-order valence-corrected chi connectivity index (χ1v) is 5.16. The maximum Gasteiger partial charge on any atom is 0.179 e. The Kier molecular flexibility index (Phi) is 2.22. The second-order valence-corrected chi connectivity index (χ2v) is 3.58. The lowest BCUT2D eigenvalue weighted by Crippen LogP contribution is -1.92. The van der Waals surface area contributed by atoms with E-state index in [9.17, 15) is 0 Å². The molecule has 0 aliphatic rings. The van der Waals surface area contributed by atoms with Gasteiger partial charge < -0.3 is 4.74 Å². The number of hydrogen-bond donors (Lipinski definition) is 0. The van der Waals surface area contributed by atoms with Crippen LogP contribution in [-0.2, 0) is 0 Å². The van der Waals surface area contributed by atoms with E-state index >= 15 is 0 Å². The third-order valence-corrected chi connectivity index (χ3v) is 2.59. The van der Waals surface area contributed by atoms with Gasteiger partial charge in [0.2, 0.25) is 0 Å². The smallest absolute Gasteiger partial charge is 0.179 e. The Hall–Kier alpha value is -2.43. The number of hydrogen-bond acceptors (Lipinski definition) is 4. The number of fused-ring (bicyclic) bond motifs is 1. The number of nitrogens with zero attached hydrogens (tertiary/aromatic N) is 4. The molecule has 0 bridgehead atoms. The van der Waals surface area contributed by atoms with E-state index in [2.05, 4.69) is 15.2 Å². The van der Waals surface area contributed by atoms with E-state index in [0.29, 0.717) is 0 Å². The SMILES string of the molecule is COc1cccc(-c2cncc3nncn23)c1. The molecule has 3 aromatic rings. The van der Waals surface area contributed by atoms with E-state index in [4.69, 9.17) is 4.74 Å². The molecule has 0 N–H and O–H groups in total. The molecular weight excluding hydrogens is 216 g/mol. The van der Waals surface area contributed by atoms with Crippen LogP contribution < -0.4 is 4.74 Å². The molecule has 17 heavy (non-hydrogen) atoms. The predicted octanol–water partition coefficient (Wildman–Crippen LogP) is 1.80. The molecule has 0 amide bonds. The summed E-state index contributed by atoms with van der Waals surface area (Å²) in [7, 11) is 1.65. The fraction of sp³-hybridized carbons (Fsp3) is 0.0833. The lowest BCUT2D eigenvalue weighted by molar-refractivity contribution is 0.415. The van der Waals surface area contributed by atoms with Crippen molar-refractivity contribution in [2.45, 2.75) is 0 Å². The van der Waals surface area contributed by atoms with Crippen LogP contribution in [0.3, 0.4) is 0 Å². The standard InChI is InChI=1S/C12H10N4O/c1-17-10-4-2-3-9(5-10)11-6-13-7-12-15-14-8-16(11)12/h2-8H,1H3. The third-order valence-electron chi connectivity index (χ3n) is 2.59. The van der Waals surface area contributed by atoms with Crippen LogP contribution in [0, 0.1) is 0 Å². The number of aromatic nitrogens is 4. The summed E-state index contributed by atoms with van der Waals surface area (Å²) in [4.78, 5) is 4.15. The predicted molar refractivity (Wildman–Crippen MR) is 62.8 cm³/mol. The van der Waals surface area contributed by atoms with Crippen molar-refractivity contribution in [3.05, 3.63) is 43.0 Å². The summed E-state index contributed by atoms with van der Waals surface area (Å²) in [5.41, 5.74) is 2.68. The fourth-order valence-electron chi connectivity index (χ4n) is 1.75. The van der Waals surface area contributed by atoms with Crippen LogP contribution in [0.1, 0.15) is 0 Å². The van der Waals surface area contributed by atoms with Gasteiger partial charge in [-0.25, -0.2) is 0 Å². The highest BCUT2D eigenvalue weighted by Crippen LogP contribution is 2.23. The van der Waals surface area contributed by atoms with Gasteiger partial charge in [-0.2, -0.15) is 0 Å². The highest BCUT2D eigenvalue weighted by molar-refractivity contribution is 5.63. The molecule has 0 spiro atoms. The molecule has 1 aromatic carbocycles. The van der Waals surface area contributed by atoms with Crippen molar-refractivity contribution in [3.63, 3.8) is 0 Å². The zero-order valence-electron chi connectivity index (χ0n) is 9.24. The van der Waals surface area contributed by atoms with Crippen molar-refractivity contribution in [1.82, 2.24) is 19.6 Å². The maximum atomic E-state index is 5.21. The summed E-state index contributed by atoms with van der Waals surface area (Å²) in [5, 5.41) is 7.84. The number of benzene rings is 1. The minimum Gasteiger partial charge on any atom is -0.497 e. The lowest BCUT2D eigenvalue weighted by Gasteiger charge is -2.06. The normalized spacial score (nSPS) is 10.6. The molecule has 3 rings (SSSR count). The van der Waals surface area contributed by atoms with Crippen LogP contribution in [0.25, 0.3) is 16.9 Å². The van der Waals surface area contributed by atoms with Crippen LogP contribution in [0.4, 0.5) is 0 Å². The van der Waals surface area contributed by atoms with Gasteiger partial charge in [0.15, 0.2) is 5.65 Å². The van der Waals surface area contributed by atoms with E-state index < -0.39 is 0 Å². The van der Waals surface area contributed by atoms with Crippen LogP contribution in [0.2, 0.25) is 0 Å². The first kappa shape index (κ1) is 9.77. The Balaban J connectivity index is 2.23. The van der Waals surface area contributed by atoms with E-state index in [1.165, 1.54) is 0 Å². The molecule has 5 heteroatoms. The summed E-state index contributed by atoms with van der Waals surface area (Å²) in [5.74, 6) is 0.813. The summed E-state index contributed by atoms with van der Waals surface area (Å²) in [6.07, 6.45) is 5.13. The molecule has 2 aromatic heterocycles. The molecule has 0 radical (unpaired) electrons. The first-order valence-electron chi connectivity index (χ1n) is 5.16. The molecule has 0 unspecified atom stereocenters. The van der Waals surface area contributed by atoms with E-state index in [1.807, 2.05) is 28.7 Å². The Morgan fingerprint density at radius 3 is 3.06 bits per heavy atom. The van der Waals surface area contributed by atoms with Crippen molar-refractivity contribution in [2.24, 2.45) is 0 Å². The molecule has 0 aliphatic heterocycles. The average Bonchev–Trinajstić information content (AvgIpc) is 2.87. The molecule has 0 fully saturated rings. The molecule has 84 valence electrons. The largest absolute Gasteiger partial charge is 0.497 e. The van der Waals surface area contributed by atoms with Gasteiger partial charge >= 0.3 is 0 Å². The molecule has 0 aliphatic carbocycles. The van der Waals surface area contributed by atoms with Crippen LogP contribution in [-0.4, -0.2) is 26.7 Å². The number of methoxy groups -OCH3 is 1. The van der Waals surface area contributed by atoms with Crippen LogP contribution >= 0.6 is 0 Å². The van der Waals surface area contributed by atoms with Gasteiger partial charge in [-0.05, 0) is 12.1 Å². The Labute approximate surface area is 97.7 Å². The molecular formula is C12H10N4O. The second kappa shape index (κ2) is 3.86. The summed E-state index contributed by atoms with van der Waals surface area (Å²) in [6.45, 7) is 0. The minimum atomic E-state index is 0.727. The quantitative estimate of drug-likeness (QED) is 0.668. The zero-order valence-corrected chi connectivity index (χ0v) is 9.24. The van der Waals surface area contributed by atoms with Crippen LogP contribution in [0.5, 0.6) is 5.75 Å².